The lowest BCUT2D eigenvalue weighted by Gasteiger charge is -2.37. The van der Waals surface area contributed by atoms with Gasteiger partial charge in [-0.2, -0.15) is 4.31 Å². The van der Waals surface area contributed by atoms with Gasteiger partial charge in [0.1, 0.15) is 17.6 Å². The lowest BCUT2D eigenvalue weighted by Crippen LogP contribution is -2.56. The van der Waals surface area contributed by atoms with Crippen molar-refractivity contribution in [1.82, 2.24) is 8.87 Å². The summed E-state index contributed by atoms with van der Waals surface area (Å²) in [7, 11) is -0.396. The Kier molecular flexibility index (Phi) is 4.57. The summed E-state index contributed by atoms with van der Waals surface area (Å²) >= 11 is 0. The van der Waals surface area contributed by atoms with E-state index in [4.69, 9.17) is 9.47 Å². The molecule has 2 heterocycles. The van der Waals surface area contributed by atoms with Crippen molar-refractivity contribution in [1.29, 1.82) is 0 Å². The number of nitrogens with zero attached hydrogens (tertiary/aromatic N) is 2. The van der Waals surface area contributed by atoms with Crippen LogP contribution in [0.4, 0.5) is 0 Å². The van der Waals surface area contributed by atoms with Crippen LogP contribution in [-0.4, -0.2) is 43.6 Å². The predicted molar refractivity (Wildman–Crippen MR) is 92.6 cm³/mol. The van der Waals surface area contributed by atoms with Gasteiger partial charge < -0.3 is 14.0 Å². The van der Waals surface area contributed by atoms with Crippen molar-refractivity contribution in [3.63, 3.8) is 0 Å². The van der Waals surface area contributed by atoms with Gasteiger partial charge in [-0.05, 0) is 25.1 Å². The van der Waals surface area contributed by atoms with Crippen LogP contribution in [0.15, 0.2) is 46.1 Å². The fraction of sp³-hybridized carbons (Fsp3) is 0.353. The first-order valence-electron chi connectivity index (χ1n) is 7.80. The number of ether oxygens (including phenoxy) is 2. The van der Waals surface area contributed by atoms with Gasteiger partial charge >= 0.3 is 0 Å². The highest BCUT2D eigenvalue weighted by Crippen LogP contribution is 2.26. The van der Waals surface area contributed by atoms with Gasteiger partial charge in [-0.15, -0.1) is 0 Å². The van der Waals surface area contributed by atoms with Gasteiger partial charge in [0.15, 0.2) is 0 Å². The van der Waals surface area contributed by atoms with Gasteiger partial charge in [0.2, 0.25) is 10.0 Å². The van der Waals surface area contributed by atoms with Crippen LogP contribution in [0.1, 0.15) is 5.69 Å². The first-order chi connectivity index (χ1) is 11.8. The van der Waals surface area contributed by atoms with E-state index in [1.165, 1.54) is 34.2 Å². The molecule has 0 radical (unpaired) electrons. The minimum atomic E-state index is -3.58. The van der Waals surface area contributed by atoms with Crippen molar-refractivity contribution in [3.05, 3.63) is 52.4 Å². The molecular formula is C17H20N2O5S. The number of sulfonamides is 1. The van der Waals surface area contributed by atoms with Crippen LogP contribution < -0.4 is 15.0 Å². The monoisotopic (exact) mass is 364 g/mol. The summed E-state index contributed by atoms with van der Waals surface area (Å²) in [5, 5.41) is 0. The molecule has 0 bridgehead atoms. The van der Waals surface area contributed by atoms with E-state index in [0.29, 0.717) is 11.5 Å². The Bertz CT molecular complexity index is 946. The Labute approximate surface area is 146 Å². The van der Waals surface area contributed by atoms with Crippen LogP contribution in [0, 0.1) is 6.92 Å². The molecule has 1 saturated heterocycles. The number of aryl methyl sites for hydroxylation is 1. The first-order valence-corrected chi connectivity index (χ1v) is 9.24. The summed E-state index contributed by atoms with van der Waals surface area (Å²) in [6.07, 6.45) is -0.271. The lowest BCUT2D eigenvalue weighted by atomic mass is 10.2. The zero-order valence-electron chi connectivity index (χ0n) is 14.3. The maximum atomic E-state index is 12.6. The van der Waals surface area contributed by atoms with E-state index in [1.807, 2.05) is 6.92 Å². The van der Waals surface area contributed by atoms with E-state index in [1.54, 1.807) is 25.2 Å². The molecule has 1 fully saturated rings. The standard InChI is InChI=1S/C17H20N2O5S/c1-12-7-14(9-17(20)18(12)2)24-15-10-19(11-15)25(21,22)16-6-4-5-13(8-16)23-3/h4-9,15H,10-11H2,1-3H3. The van der Waals surface area contributed by atoms with Gasteiger partial charge in [0.05, 0.1) is 25.1 Å². The average Bonchev–Trinajstić information content (AvgIpc) is 2.55. The Morgan fingerprint density at radius 1 is 1.12 bits per heavy atom. The number of benzene rings is 1. The molecule has 1 aromatic heterocycles. The third-order valence-corrected chi connectivity index (χ3v) is 6.10. The Balaban J connectivity index is 1.68. The summed E-state index contributed by atoms with van der Waals surface area (Å²) in [5.74, 6) is 0.953. The van der Waals surface area contributed by atoms with Crippen molar-refractivity contribution in [2.24, 2.45) is 7.05 Å². The van der Waals surface area contributed by atoms with Crippen molar-refractivity contribution in [2.75, 3.05) is 20.2 Å². The van der Waals surface area contributed by atoms with Crippen molar-refractivity contribution >= 4 is 10.0 Å². The minimum absolute atomic E-state index is 0.157. The average molecular weight is 364 g/mol. The predicted octanol–water partition coefficient (Wildman–Crippen LogP) is 1.15. The van der Waals surface area contributed by atoms with E-state index >= 15 is 0 Å². The normalized spacial score (nSPS) is 15.6. The van der Waals surface area contributed by atoms with Gasteiger partial charge in [0.25, 0.3) is 5.56 Å². The topological polar surface area (TPSA) is 77.8 Å². The number of rotatable bonds is 5. The van der Waals surface area contributed by atoms with E-state index in [-0.39, 0.29) is 29.6 Å². The minimum Gasteiger partial charge on any atom is -0.497 e. The zero-order chi connectivity index (χ0) is 18.2. The number of aromatic nitrogens is 1. The molecule has 25 heavy (non-hydrogen) atoms. The summed E-state index contributed by atoms with van der Waals surface area (Å²) in [5.41, 5.74) is 0.623. The molecular weight excluding hydrogens is 344 g/mol. The van der Waals surface area contributed by atoms with Crippen LogP contribution in [0.3, 0.4) is 0 Å². The third-order valence-electron chi connectivity index (χ3n) is 4.27. The van der Waals surface area contributed by atoms with Crippen LogP contribution >= 0.6 is 0 Å². The van der Waals surface area contributed by atoms with Crippen LogP contribution in [0.25, 0.3) is 0 Å². The highest BCUT2D eigenvalue weighted by molar-refractivity contribution is 7.89. The largest absolute Gasteiger partial charge is 0.497 e. The summed E-state index contributed by atoms with van der Waals surface area (Å²) in [6.45, 7) is 2.30. The molecule has 1 aliphatic heterocycles. The molecule has 3 rings (SSSR count). The summed E-state index contributed by atoms with van der Waals surface area (Å²) in [4.78, 5) is 12.0. The quantitative estimate of drug-likeness (QED) is 0.795. The molecule has 0 saturated carbocycles. The molecule has 0 unspecified atom stereocenters. The molecule has 0 amide bonds. The van der Waals surface area contributed by atoms with Gasteiger partial charge in [-0.25, -0.2) is 8.42 Å². The van der Waals surface area contributed by atoms with Crippen LogP contribution in [0.2, 0.25) is 0 Å². The second kappa shape index (κ2) is 6.53. The molecule has 0 N–H and O–H groups in total. The summed E-state index contributed by atoms with van der Waals surface area (Å²) in [6, 6.07) is 9.54. The molecule has 1 aromatic carbocycles. The second-order valence-corrected chi connectivity index (χ2v) is 7.91. The number of pyridine rings is 1. The van der Waals surface area contributed by atoms with Crippen molar-refractivity contribution in [3.8, 4) is 11.5 Å². The highest BCUT2D eigenvalue weighted by atomic mass is 32.2. The van der Waals surface area contributed by atoms with Gasteiger partial charge in [-0.3, -0.25) is 4.79 Å². The SMILES string of the molecule is COc1cccc(S(=O)(=O)N2CC(Oc3cc(C)n(C)c(=O)c3)C2)c1. The van der Waals surface area contributed by atoms with E-state index in [9.17, 15) is 13.2 Å². The van der Waals surface area contributed by atoms with Crippen molar-refractivity contribution < 1.29 is 17.9 Å². The smallest absolute Gasteiger partial charge is 0.254 e. The first kappa shape index (κ1) is 17.5. The van der Waals surface area contributed by atoms with E-state index in [2.05, 4.69) is 0 Å². The number of hydrogen-bond donors (Lipinski definition) is 0. The molecule has 0 spiro atoms. The van der Waals surface area contributed by atoms with Gasteiger partial charge in [0, 0.05) is 24.9 Å². The second-order valence-electron chi connectivity index (χ2n) is 5.97. The molecule has 2 aromatic rings. The lowest BCUT2D eigenvalue weighted by molar-refractivity contribution is 0.0759. The number of hydrogen-bond acceptors (Lipinski definition) is 5. The highest BCUT2D eigenvalue weighted by Gasteiger charge is 2.38. The molecule has 134 valence electrons. The molecule has 0 atom stereocenters. The van der Waals surface area contributed by atoms with Crippen LogP contribution in [0.5, 0.6) is 11.5 Å². The van der Waals surface area contributed by atoms with E-state index in [0.717, 1.165) is 5.69 Å². The molecule has 7 nitrogen and oxygen atoms in total. The van der Waals surface area contributed by atoms with Crippen molar-refractivity contribution in [2.45, 2.75) is 17.9 Å². The fourth-order valence-corrected chi connectivity index (χ4v) is 4.12. The Morgan fingerprint density at radius 3 is 2.48 bits per heavy atom. The van der Waals surface area contributed by atoms with E-state index < -0.39 is 10.0 Å². The maximum absolute atomic E-state index is 12.6. The molecule has 0 aliphatic carbocycles. The van der Waals surface area contributed by atoms with Crippen LogP contribution in [-0.2, 0) is 17.1 Å². The Hall–Kier alpha value is -2.32. The Morgan fingerprint density at radius 2 is 1.84 bits per heavy atom. The maximum Gasteiger partial charge on any atom is 0.254 e. The van der Waals surface area contributed by atoms with Gasteiger partial charge in [-0.1, -0.05) is 6.07 Å². The molecule has 8 heteroatoms. The third kappa shape index (κ3) is 3.40. The fourth-order valence-electron chi connectivity index (χ4n) is 2.58. The number of methoxy groups -OCH3 is 1. The zero-order valence-corrected chi connectivity index (χ0v) is 15.1. The summed E-state index contributed by atoms with van der Waals surface area (Å²) < 4.78 is 38.9. The molecule has 1 aliphatic rings.